The largest absolute Gasteiger partial charge is 0.468 e. The molecule has 0 spiro atoms. The van der Waals surface area contributed by atoms with Crippen molar-refractivity contribution >= 4 is 5.97 Å². The van der Waals surface area contributed by atoms with Crippen molar-refractivity contribution in [1.29, 1.82) is 0 Å². The van der Waals surface area contributed by atoms with Crippen LogP contribution in [0.15, 0.2) is 0 Å². The van der Waals surface area contributed by atoms with Gasteiger partial charge in [0.2, 0.25) is 0 Å². The van der Waals surface area contributed by atoms with Crippen LogP contribution in [-0.4, -0.2) is 25.7 Å². The molecule has 0 saturated heterocycles. The standard InChI is InChI=1S/C15H29NO2/c1-4-12(2)14(15(17)18-3)16-11-13-9-7-5-6-8-10-13/h12-14,16H,4-11H2,1-3H3. The van der Waals surface area contributed by atoms with Gasteiger partial charge >= 0.3 is 5.97 Å². The third-order valence-electron chi connectivity index (χ3n) is 4.27. The van der Waals surface area contributed by atoms with Gasteiger partial charge in [-0.2, -0.15) is 0 Å². The molecule has 1 aliphatic rings. The van der Waals surface area contributed by atoms with Gasteiger partial charge in [-0.1, -0.05) is 46.0 Å². The Hall–Kier alpha value is -0.570. The molecule has 1 saturated carbocycles. The molecule has 0 heterocycles. The summed E-state index contributed by atoms with van der Waals surface area (Å²) in [6.45, 7) is 5.19. The van der Waals surface area contributed by atoms with E-state index in [1.165, 1.54) is 45.6 Å². The minimum Gasteiger partial charge on any atom is -0.468 e. The predicted octanol–water partition coefficient (Wildman–Crippen LogP) is 3.13. The van der Waals surface area contributed by atoms with Gasteiger partial charge in [-0.05, 0) is 31.2 Å². The summed E-state index contributed by atoms with van der Waals surface area (Å²) in [6.07, 6.45) is 9.06. The van der Waals surface area contributed by atoms with E-state index in [0.29, 0.717) is 5.92 Å². The van der Waals surface area contributed by atoms with E-state index < -0.39 is 0 Å². The fourth-order valence-electron chi connectivity index (χ4n) is 2.74. The Labute approximate surface area is 112 Å². The summed E-state index contributed by atoms with van der Waals surface area (Å²) in [6, 6.07) is -0.136. The Morgan fingerprint density at radius 3 is 2.39 bits per heavy atom. The zero-order valence-electron chi connectivity index (χ0n) is 12.2. The molecule has 0 amide bonds. The van der Waals surface area contributed by atoms with E-state index in [1.807, 2.05) is 0 Å². The number of ether oxygens (including phenoxy) is 1. The maximum absolute atomic E-state index is 11.8. The average molecular weight is 255 g/mol. The monoisotopic (exact) mass is 255 g/mol. The Kier molecular flexibility index (Phi) is 7.33. The third kappa shape index (κ3) is 4.97. The van der Waals surface area contributed by atoms with Gasteiger partial charge < -0.3 is 10.1 Å². The third-order valence-corrected chi connectivity index (χ3v) is 4.27. The molecular weight excluding hydrogens is 226 g/mol. The highest BCUT2D eigenvalue weighted by Gasteiger charge is 2.25. The minimum atomic E-state index is -0.136. The van der Waals surface area contributed by atoms with Gasteiger partial charge in [-0.3, -0.25) is 4.79 Å². The number of esters is 1. The maximum Gasteiger partial charge on any atom is 0.323 e. The number of hydrogen-bond donors (Lipinski definition) is 1. The summed E-state index contributed by atoms with van der Waals surface area (Å²) in [5.41, 5.74) is 0. The topological polar surface area (TPSA) is 38.3 Å². The van der Waals surface area contributed by atoms with Crippen LogP contribution < -0.4 is 5.32 Å². The normalized spacial score (nSPS) is 21.1. The average Bonchev–Trinajstić information content (AvgIpc) is 2.66. The molecule has 18 heavy (non-hydrogen) atoms. The van der Waals surface area contributed by atoms with Gasteiger partial charge in [0.25, 0.3) is 0 Å². The molecule has 0 aromatic heterocycles. The number of hydrogen-bond acceptors (Lipinski definition) is 3. The van der Waals surface area contributed by atoms with Crippen molar-refractivity contribution in [2.24, 2.45) is 11.8 Å². The van der Waals surface area contributed by atoms with Crippen molar-refractivity contribution in [2.45, 2.75) is 64.8 Å². The van der Waals surface area contributed by atoms with E-state index in [-0.39, 0.29) is 12.0 Å². The van der Waals surface area contributed by atoms with E-state index in [4.69, 9.17) is 4.74 Å². The summed E-state index contributed by atoms with van der Waals surface area (Å²) in [5, 5.41) is 3.44. The molecule has 0 aromatic carbocycles. The van der Waals surface area contributed by atoms with E-state index in [1.54, 1.807) is 0 Å². The van der Waals surface area contributed by atoms with Crippen LogP contribution in [0.1, 0.15) is 58.8 Å². The van der Waals surface area contributed by atoms with Gasteiger partial charge in [0.15, 0.2) is 0 Å². The SMILES string of the molecule is CCC(C)C(NCC1CCCCCC1)C(=O)OC. The lowest BCUT2D eigenvalue weighted by atomic mass is 9.96. The van der Waals surface area contributed by atoms with Crippen molar-refractivity contribution in [3.63, 3.8) is 0 Å². The molecular formula is C15H29NO2. The van der Waals surface area contributed by atoms with Gasteiger partial charge in [0, 0.05) is 0 Å². The van der Waals surface area contributed by atoms with Gasteiger partial charge in [0.1, 0.15) is 6.04 Å². The highest BCUT2D eigenvalue weighted by atomic mass is 16.5. The van der Waals surface area contributed by atoms with Crippen molar-refractivity contribution in [1.82, 2.24) is 5.32 Å². The minimum absolute atomic E-state index is 0.113. The second-order valence-corrected chi connectivity index (χ2v) is 5.65. The summed E-state index contributed by atoms with van der Waals surface area (Å²) in [5.74, 6) is 0.963. The highest BCUT2D eigenvalue weighted by molar-refractivity contribution is 5.75. The van der Waals surface area contributed by atoms with Crippen molar-refractivity contribution in [2.75, 3.05) is 13.7 Å². The maximum atomic E-state index is 11.8. The Balaban J connectivity index is 2.42. The first-order chi connectivity index (χ1) is 8.69. The van der Waals surface area contributed by atoms with Crippen LogP contribution in [0, 0.1) is 11.8 Å². The van der Waals surface area contributed by atoms with Gasteiger partial charge in [-0.25, -0.2) is 0 Å². The summed E-state index contributed by atoms with van der Waals surface area (Å²) < 4.78 is 4.90. The first kappa shape index (κ1) is 15.5. The Morgan fingerprint density at radius 2 is 1.89 bits per heavy atom. The lowest BCUT2D eigenvalue weighted by Crippen LogP contribution is -2.44. The van der Waals surface area contributed by atoms with Crippen molar-refractivity contribution in [3.05, 3.63) is 0 Å². The molecule has 2 unspecified atom stereocenters. The van der Waals surface area contributed by atoms with Crippen LogP contribution in [0.4, 0.5) is 0 Å². The molecule has 3 nitrogen and oxygen atoms in total. The number of methoxy groups -OCH3 is 1. The smallest absolute Gasteiger partial charge is 0.323 e. The fourth-order valence-corrected chi connectivity index (χ4v) is 2.74. The number of carbonyl (C=O) groups excluding carboxylic acids is 1. The Morgan fingerprint density at radius 1 is 1.28 bits per heavy atom. The first-order valence-electron chi connectivity index (χ1n) is 7.50. The van der Waals surface area contributed by atoms with Crippen molar-refractivity contribution < 1.29 is 9.53 Å². The Bertz CT molecular complexity index is 235. The molecule has 1 aliphatic carbocycles. The molecule has 1 N–H and O–H groups in total. The van der Waals surface area contributed by atoms with Gasteiger partial charge in [-0.15, -0.1) is 0 Å². The molecule has 1 rings (SSSR count). The second-order valence-electron chi connectivity index (χ2n) is 5.65. The lowest BCUT2D eigenvalue weighted by Gasteiger charge is -2.24. The van der Waals surface area contributed by atoms with E-state index in [0.717, 1.165) is 18.9 Å². The number of nitrogens with one attached hydrogen (secondary N) is 1. The van der Waals surface area contributed by atoms with Crippen LogP contribution >= 0.6 is 0 Å². The van der Waals surface area contributed by atoms with Crippen LogP contribution in [-0.2, 0) is 9.53 Å². The molecule has 2 atom stereocenters. The summed E-state index contributed by atoms with van der Waals surface area (Å²) in [4.78, 5) is 11.8. The molecule has 0 aromatic rings. The lowest BCUT2D eigenvalue weighted by molar-refractivity contribution is -0.144. The van der Waals surface area contributed by atoms with E-state index >= 15 is 0 Å². The zero-order chi connectivity index (χ0) is 13.4. The fraction of sp³-hybridized carbons (Fsp3) is 0.933. The number of carbonyl (C=O) groups is 1. The zero-order valence-corrected chi connectivity index (χ0v) is 12.2. The summed E-state index contributed by atoms with van der Waals surface area (Å²) in [7, 11) is 1.48. The highest BCUT2D eigenvalue weighted by Crippen LogP contribution is 2.22. The molecule has 0 radical (unpaired) electrons. The second kappa shape index (κ2) is 8.52. The van der Waals surface area contributed by atoms with Crippen LogP contribution in [0.25, 0.3) is 0 Å². The molecule has 106 valence electrons. The first-order valence-corrected chi connectivity index (χ1v) is 7.50. The molecule has 0 aliphatic heterocycles. The summed E-state index contributed by atoms with van der Waals surface area (Å²) >= 11 is 0. The van der Waals surface area contributed by atoms with E-state index in [9.17, 15) is 4.79 Å². The molecule has 1 fully saturated rings. The molecule has 3 heteroatoms. The van der Waals surface area contributed by atoms with Crippen LogP contribution in [0.5, 0.6) is 0 Å². The van der Waals surface area contributed by atoms with E-state index in [2.05, 4.69) is 19.2 Å². The van der Waals surface area contributed by atoms with Crippen molar-refractivity contribution in [3.8, 4) is 0 Å². The predicted molar refractivity (Wildman–Crippen MR) is 74.5 cm³/mol. The van der Waals surface area contributed by atoms with Crippen LogP contribution in [0.3, 0.4) is 0 Å². The molecule has 0 bridgehead atoms. The quantitative estimate of drug-likeness (QED) is 0.585. The van der Waals surface area contributed by atoms with Gasteiger partial charge in [0.05, 0.1) is 7.11 Å². The number of rotatable bonds is 6. The van der Waals surface area contributed by atoms with Crippen LogP contribution in [0.2, 0.25) is 0 Å².